The van der Waals surface area contributed by atoms with Crippen molar-refractivity contribution in [2.75, 3.05) is 18.0 Å². The Balaban J connectivity index is 2.19. The predicted octanol–water partition coefficient (Wildman–Crippen LogP) is 3.46. The summed E-state index contributed by atoms with van der Waals surface area (Å²) in [5.41, 5.74) is 1.95. The quantitative estimate of drug-likeness (QED) is 0.869. The monoisotopic (exact) mass is 253 g/mol. The van der Waals surface area contributed by atoms with E-state index in [4.69, 9.17) is 11.6 Å². The average molecular weight is 254 g/mol. The third-order valence-electron chi connectivity index (χ3n) is 3.68. The number of hydrogen-bond acceptors (Lipinski definition) is 2. The molecule has 0 atom stereocenters. The van der Waals surface area contributed by atoms with E-state index in [-0.39, 0.29) is 6.61 Å². The topological polar surface area (TPSA) is 23.5 Å². The molecule has 0 amide bonds. The molecule has 1 fully saturated rings. The van der Waals surface area contributed by atoms with Gasteiger partial charge in [0.2, 0.25) is 0 Å². The normalized spacial score (nSPS) is 15.7. The Kier molecular flexibility index (Phi) is 4.30. The van der Waals surface area contributed by atoms with Gasteiger partial charge in [-0.15, -0.1) is 0 Å². The van der Waals surface area contributed by atoms with Crippen LogP contribution in [0.4, 0.5) is 5.69 Å². The van der Waals surface area contributed by atoms with Crippen LogP contribution in [0.25, 0.3) is 0 Å². The van der Waals surface area contributed by atoms with Crippen LogP contribution in [0, 0.1) is 5.92 Å². The van der Waals surface area contributed by atoms with Crippen molar-refractivity contribution >= 4 is 17.3 Å². The second-order valence-corrected chi connectivity index (χ2v) is 5.14. The SMILES string of the molecule is CCN(CC1CCC1)c1cccc(Cl)c1CO. The molecular formula is C14H20ClNO. The fourth-order valence-electron chi connectivity index (χ4n) is 2.38. The Morgan fingerprint density at radius 1 is 1.41 bits per heavy atom. The van der Waals surface area contributed by atoms with Gasteiger partial charge >= 0.3 is 0 Å². The second-order valence-electron chi connectivity index (χ2n) is 4.73. The van der Waals surface area contributed by atoms with Crippen LogP contribution in [0.1, 0.15) is 31.7 Å². The maximum absolute atomic E-state index is 9.44. The summed E-state index contributed by atoms with van der Waals surface area (Å²) in [6.45, 7) is 4.21. The molecule has 2 nitrogen and oxygen atoms in total. The highest BCUT2D eigenvalue weighted by Gasteiger charge is 2.21. The Morgan fingerprint density at radius 3 is 2.71 bits per heavy atom. The molecule has 0 heterocycles. The van der Waals surface area contributed by atoms with E-state index in [1.54, 1.807) is 0 Å². The van der Waals surface area contributed by atoms with E-state index in [0.717, 1.165) is 30.3 Å². The van der Waals surface area contributed by atoms with Gasteiger partial charge < -0.3 is 10.0 Å². The van der Waals surface area contributed by atoms with Crippen LogP contribution in [0.5, 0.6) is 0 Å². The van der Waals surface area contributed by atoms with Gasteiger partial charge in [-0.05, 0) is 37.8 Å². The largest absolute Gasteiger partial charge is 0.392 e. The molecule has 0 radical (unpaired) electrons. The Labute approximate surface area is 108 Å². The molecule has 0 unspecified atom stereocenters. The lowest BCUT2D eigenvalue weighted by molar-refractivity contribution is 0.281. The lowest BCUT2D eigenvalue weighted by atomic mass is 9.85. The number of aliphatic hydroxyl groups excluding tert-OH is 1. The van der Waals surface area contributed by atoms with Gasteiger partial charge in [-0.25, -0.2) is 0 Å². The predicted molar refractivity (Wildman–Crippen MR) is 72.6 cm³/mol. The summed E-state index contributed by atoms with van der Waals surface area (Å²) in [5, 5.41) is 10.1. The van der Waals surface area contributed by atoms with Crippen LogP contribution in [0.3, 0.4) is 0 Å². The summed E-state index contributed by atoms with van der Waals surface area (Å²) in [6.07, 6.45) is 4.04. The first kappa shape index (κ1) is 12.7. The van der Waals surface area contributed by atoms with Crippen molar-refractivity contribution in [3.05, 3.63) is 28.8 Å². The van der Waals surface area contributed by atoms with Crippen LogP contribution in [0.2, 0.25) is 5.02 Å². The van der Waals surface area contributed by atoms with Gasteiger partial charge in [0.25, 0.3) is 0 Å². The molecule has 2 rings (SSSR count). The summed E-state index contributed by atoms with van der Waals surface area (Å²) in [6, 6.07) is 5.85. The number of benzene rings is 1. The zero-order valence-electron chi connectivity index (χ0n) is 10.3. The minimum absolute atomic E-state index is 0.0101. The summed E-state index contributed by atoms with van der Waals surface area (Å²) in [5.74, 6) is 0.820. The zero-order chi connectivity index (χ0) is 12.3. The first-order chi connectivity index (χ1) is 8.26. The first-order valence-electron chi connectivity index (χ1n) is 6.39. The van der Waals surface area contributed by atoms with Crippen molar-refractivity contribution < 1.29 is 5.11 Å². The second kappa shape index (κ2) is 5.74. The summed E-state index contributed by atoms with van der Waals surface area (Å²) in [7, 11) is 0. The Hall–Kier alpha value is -0.730. The molecule has 94 valence electrons. The molecule has 3 heteroatoms. The number of aliphatic hydroxyl groups is 1. The molecular weight excluding hydrogens is 234 g/mol. The van der Waals surface area contributed by atoms with E-state index in [1.807, 2.05) is 12.1 Å². The van der Waals surface area contributed by atoms with Crippen molar-refractivity contribution in [3.8, 4) is 0 Å². The third-order valence-corrected chi connectivity index (χ3v) is 4.03. The standard InChI is InChI=1S/C14H20ClNO/c1-2-16(9-11-5-3-6-11)14-8-4-7-13(15)12(14)10-17/h4,7-8,11,17H,2-3,5-6,9-10H2,1H3. The van der Waals surface area contributed by atoms with Gasteiger partial charge in [-0.3, -0.25) is 0 Å². The van der Waals surface area contributed by atoms with E-state index >= 15 is 0 Å². The van der Waals surface area contributed by atoms with Crippen LogP contribution in [-0.2, 0) is 6.61 Å². The number of nitrogens with zero attached hydrogens (tertiary/aromatic N) is 1. The molecule has 1 aromatic carbocycles. The number of hydrogen-bond donors (Lipinski definition) is 1. The van der Waals surface area contributed by atoms with Crippen molar-refractivity contribution in [2.24, 2.45) is 5.92 Å². The number of rotatable bonds is 5. The number of halogens is 1. The van der Waals surface area contributed by atoms with E-state index in [2.05, 4.69) is 17.9 Å². The highest BCUT2D eigenvalue weighted by Crippen LogP contribution is 2.32. The number of anilines is 1. The van der Waals surface area contributed by atoms with Crippen LogP contribution < -0.4 is 4.90 Å². The third kappa shape index (κ3) is 2.75. The summed E-state index contributed by atoms with van der Waals surface area (Å²) < 4.78 is 0. The van der Waals surface area contributed by atoms with Gasteiger partial charge in [0.15, 0.2) is 0 Å². The minimum Gasteiger partial charge on any atom is -0.392 e. The maximum atomic E-state index is 9.44. The van der Waals surface area contributed by atoms with Crippen LogP contribution in [0.15, 0.2) is 18.2 Å². The maximum Gasteiger partial charge on any atom is 0.0716 e. The molecule has 0 saturated heterocycles. The van der Waals surface area contributed by atoms with Gasteiger partial charge in [0, 0.05) is 29.4 Å². The highest BCUT2D eigenvalue weighted by molar-refractivity contribution is 6.31. The fraction of sp³-hybridized carbons (Fsp3) is 0.571. The molecule has 17 heavy (non-hydrogen) atoms. The van der Waals surface area contributed by atoms with Crippen molar-refractivity contribution in [3.63, 3.8) is 0 Å². The van der Waals surface area contributed by atoms with E-state index in [9.17, 15) is 5.11 Å². The fourth-order valence-corrected chi connectivity index (χ4v) is 2.61. The van der Waals surface area contributed by atoms with Gasteiger partial charge in [0.1, 0.15) is 0 Å². The van der Waals surface area contributed by atoms with Crippen molar-refractivity contribution in [1.82, 2.24) is 0 Å². The van der Waals surface area contributed by atoms with E-state index < -0.39 is 0 Å². The van der Waals surface area contributed by atoms with Crippen molar-refractivity contribution in [2.45, 2.75) is 32.8 Å². The summed E-state index contributed by atoms with van der Waals surface area (Å²) >= 11 is 6.13. The Morgan fingerprint density at radius 2 is 2.18 bits per heavy atom. The molecule has 1 aromatic rings. The molecule has 1 aliphatic carbocycles. The van der Waals surface area contributed by atoms with Gasteiger partial charge in [-0.1, -0.05) is 24.1 Å². The lowest BCUT2D eigenvalue weighted by Gasteiger charge is -2.34. The van der Waals surface area contributed by atoms with E-state index in [0.29, 0.717) is 5.02 Å². The molecule has 1 aliphatic rings. The molecule has 0 aliphatic heterocycles. The molecule has 1 saturated carbocycles. The average Bonchev–Trinajstić information content (AvgIpc) is 2.28. The molecule has 0 spiro atoms. The molecule has 0 aromatic heterocycles. The van der Waals surface area contributed by atoms with Crippen LogP contribution >= 0.6 is 11.6 Å². The Bertz CT molecular complexity index is 376. The van der Waals surface area contributed by atoms with Gasteiger partial charge in [0.05, 0.1) is 6.61 Å². The molecule has 1 N–H and O–H groups in total. The zero-order valence-corrected chi connectivity index (χ0v) is 11.1. The van der Waals surface area contributed by atoms with Gasteiger partial charge in [-0.2, -0.15) is 0 Å². The van der Waals surface area contributed by atoms with Crippen LogP contribution in [-0.4, -0.2) is 18.2 Å². The van der Waals surface area contributed by atoms with Crippen molar-refractivity contribution in [1.29, 1.82) is 0 Å². The summed E-state index contributed by atoms with van der Waals surface area (Å²) in [4.78, 5) is 2.33. The molecule has 0 bridgehead atoms. The smallest absolute Gasteiger partial charge is 0.0716 e. The lowest BCUT2D eigenvalue weighted by Crippen LogP contribution is -2.33. The highest BCUT2D eigenvalue weighted by atomic mass is 35.5. The van der Waals surface area contributed by atoms with E-state index in [1.165, 1.54) is 19.3 Å². The minimum atomic E-state index is 0.0101. The first-order valence-corrected chi connectivity index (χ1v) is 6.77.